The highest BCUT2D eigenvalue weighted by Gasteiger charge is 2.41. The van der Waals surface area contributed by atoms with Crippen LogP contribution in [0.15, 0.2) is 72.8 Å². The molecule has 2 aliphatic heterocycles. The van der Waals surface area contributed by atoms with E-state index in [9.17, 15) is 26.4 Å². The number of urea groups is 1. The van der Waals surface area contributed by atoms with Crippen LogP contribution < -0.4 is 9.64 Å². The Balaban J connectivity index is 1.40. The molecule has 0 spiro atoms. The second kappa shape index (κ2) is 11.9. The van der Waals surface area contributed by atoms with Gasteiger partial charge in [-0.2, -0.15) is 17.5 Å². The van der Waals surface area contributed by atoms with E-state index in [0.29, 0.717) is 35.4 Å². The predicted molar refractivity (Wildman–Crippen MR) is 148 cm³/mol. The summed E-state index contributed by atoms with van der Waals surface area (Å²) in [4.78, 5) is 16.4. The zero-order chi connectivity index (χ0) is 29.2. The van der Waals surface area contributed by atoms with Crippen LogP contribution in [0, 0.1) is 0 Å². The number of carbonyl (C=O) groups excluding carboxylic acids is 1. The lowest BCUT2D eigenvalue weighted by Gasteiger charge is -2.27. The van der Waals surface area contributed by atoms with Gasteiger partial charge in [0.1, 0.15) is 11.5 Å². The fraction of sp³-hybridized carbons (Fsp3) is 0.321. The highest BCUT2D eigenvalue weighted by Crippen LogP contribution is 2.38. The molecule has 1 atom stereocenters. The molecule has 5 rings (SSSR count). The molecule has 2 saturated heterocycles. The number of carbonyl (C=O) groups is 1. The zero-order valence-corrected chi connectivity index (χ0v) is 23.3. The van der Waals surface area contributed by atoms with Crippen molar-refractivity contribution in [3.8, 4) is 11.5 Å². The SMILES string of the molecule is O=C1N(CCS(=O)(=O)N2CCOCC2)C[C@H](c2cccc(C(F)(F)F)c2)N1c1ccc(Oc2ccc(Cl)cc2)cc1. The Morgan fingerprint density at radius 2 is 1.59 bits per heavy atom. The van der Waals surface area contributed by atoms with Crippen molar-refractivity contribution in [1.29, 1.82) is 0 Å². The fourth-order valence-electron chi connectivity index (χ4n) is 4.80. The number of hydrogen-bond donors (Lipinski definition) is 0. The maximum absolute atomic E-state index is 13.6. The molecule has 2 heterocycles. The van der Waals surface area contributed by atoms with Gasteiger partial charge in [0.05, 0.1) is 30.6 Å². The maximum atomic E-state index is 13.6. The predicted octanol–water partition coefficient (Wildman–Crippen LogP) is 5.80. The number of sulfonamides is 1. The molecule has 3 aromatic rings. The van der Waals surface area contributed by atoms with Gasteiger partial charge in [0.2, 0.25) is 10.0 Å². The molecule has 218 valence electrons. The number of anilines is 1. The summed E-state index contributed by atoms with van der Waals surface area (Å²) in [5.74, 6) is 0.719. The van der Waals surface area contributed by atoms with E-state index in [0.717, 1.165) is 12.1 Å². The number of ether oxygens (including phenoxy) is 2. The van der Waals surface area contributed by atoms with Crippen molar-refractivity contribution in [1.82, 2.24) is 9.21 Å². The summed E-state index contributed by atoms with van der Waals surface area (Å²) in [7, 11) is -3.66. The summed E-state index contributed by atoms with van der Waals surface area (Å²) >= 11 is 5.92. The largest absolute Gasteiger partial charge is 0.457 e. The Kier molecular flexibility index (Phi) is 8.46. The van der Waals surface area contributed by atoms with Crippen molar-refractivity contribution in [3.05, 3.63) is 88.9 Å². The van der Waals surface area contributed by atoms with Gasteiger partial charge in [-0.05, 0) is 66.2 Å². The highest BCUT2D eigenvalue weighted by atomic mass is 35.5. The van der Waals surface area contributed by atoms with Crippen LogP contribution in [0.3, 0.4) is 0 Å². The molecule has 0 unspecified atom stereocenters. The fourth-order valence-corrected chi connectivity index (χ4v) is 6.34. The second-order valence-electron chi connectivity index (χ2n) is 9.61. The third-order valence-electron chi connectivity index (χ3n) is 6.93. The molecular weight excluding hydrogens is 583 g/mol. The van der Waals surface area contributed by atoms with Gasteiger partial charge >= 0.3 is 12.2 Å². The van der Waals surface area contributed by atoms with Gasteiger partial charge in [-0.3, -0.25) is 4.90 Å². The standard InChI is InChI=1S/C28H27ClF3N3O5S/c29-22-4-8-24(9-5-22)40-25-10-6-23(7-11-25)35-26(20-2-1-3-21(18-20)28(30,31)32)19-33(27(35)36)14-17-41(37,38)34-12-15-39-16-13-34/h1-11,18,26H,12-17,19H2/t26-/m1/s1. The third kappa shape index (κ3) is 6.78. The molecule has 3 aromatic carbocycles. The van der Waals surface area contributed by atoms with Gasteiger partial charge in [-0.15, -0.1) is 0 Å². The van der Waals surface area contributed by atoms with E-state index < -0.39 is 33.8 Å². The molecule has 0 N–H and O–H groups in total. The first-order chi connectivity index (χ1) is 19.5. The molecule has 0 aliphatic carbocycles. The van der Waals surface area contributed by atoms with Crippen molar-refractivity contribution in [2.45, 2.75) is 12.2 Å². The van der Waals surface area contributed by atoms with Crippen LogP contribution in [0.5, 0.6) is 11.5 Å². The third-order valence-corrected chi connectivity index (χ3v) is 9.03. The summed E-state index contributed by atoms with van der Waals surface area (Å²) in [5.41, 5.74) is -0.116. The highest BCUT2D eigenvalue weighted by molar-refractivity contribution is 7.89. The number of nitrogens with zero attached hydrogens (tertiary/aromatic N) is 3. The van der Waals surface area contributed by atoms with Crippen LogP contribution >= 0.6 is 11.6 Å². The molecule has 2 aliphatic rings. The van der Waals surface area contributed by atoms with E-state index in [4.69, 9.17) is 21.1 Å². The summed E-state index contributed by atoms with van der Waals surface area (Å²) in [5, 5.41) is 0.558. The van der Waals surface area contributed by atoms with Crippen molar-refractivity contribution in [3.63, 3.8) is 0 Å². The van der Waals surface area contributed by atoms with Crippen molar-refractivity contribution < 1.29 is 35.9 Å². The van der Waals surface area contributed by atoms with E-state index in [1.165, 1.54) is 26.2 Å². The lowest BCUT2D eigenvalue weighted by Crippen LogP contribution is -2.44. The minimum absolute atomic E-state index is 0.0157. The van der Waals surface area contributed by atoms with Crippen molar-refractivity contribution in [2.75, 3.05) is 50.0 Å². The van der Waals surface area contributed by atoms with Gasteiger partial charge in [0.15, 0.2) is 0 Å². The van der Waals surface area contributed by atoms with Crippen LogP contribution in [-0.2, 0) is 20.9 Å². The van der Waals surface area contributed by atoms with Gasteiger partial charge in [0.25, 0.3) is 0 Å². The molecule has 0 radical (unpaired) electrons. The number of hydrogen-bond acceptors (Lipinski definition) is 5. The second-order valence-corrected chi connectivity index (χ2v) is 12.1. The molecule has 13 heteroatoms. The van der Waals surface area contributed by atoms with E-state index >= 15 is 0 Å². The quantitative estimate of drug-likeness (QED) is 0.323. The van der Waals surface area contributed by atoms with Crippen molar-refractivity contribution >= 4 is 33.3 Å². The Labute approximate surface area is 240 Å². The summed E-state index contributed by atoms with van der Waals surface area (Å²) in [6.45, 7) is 0.972. The average molecular weight is 610 g/mol. The number of amides is 2. The molecule has 0 aromatic heterocycles. The average Bonchev–Trinajstić information content (AvgIpc) is 3.29. The molecule has 2 fully saturated rings. The Morgan fingerprint density at radius 3 is 2.22 bits per heavy atom. The number of alkyl halides is 3. The van der Waals surface area contributed by atoms with Gasteiger partial charge in [-0.1, -0.05) is 23.7 Å². The van der Waals surface area contributed by atoms with E-state index in [1.54, 1.807) is 48.5 Å². The number of halogens is 4. The van der Waals surface area contributed by atoms with Gasteiger partial charge < -0.3 is 14.4 Å². The molecule has 0 bridgehead atoms. The van der Waals surface area contributed by atoms with Gasteiger partial charge in [0, 0.05) is 36.9 Å². The van der Waals surface area contributed by atoms with Gasteiger partial charge in [-0.25, -0.2) is 13.2 Å². The first-order valence-corrected chi connectivity index (χ1v) is 14.8. The molecule has 41 heavy (non-hydrogen) atoms. The summed E-state index contributed by atoms with van der Waals surface area (Å²) in [6.07, 6.45) is -4.56. The Bertz CT molecular complexity index is 1480. The maximum Gasteiger partial charge on any atom is 0.416 e. The van der Waals surface area contributed by atoms with Crippen LogP contribution in [0.25, 0.3) is 0 Å². The minimum atomic E-state index is -4.56. The van der Waals surface area contributed by atoms with Crippen molar-refractivity contribution in [2.24, 2.45) is 0 Å². The van der Waals surface area contributed by atoms with Crippen LogP contribution in [0.1, 0.15) is 17.2 Å². The molecule has 0 saturated carbocycles. The first kappa shape index (κ1) is 29.2. The molecule has 8 nitrogen and oxygen atoms in total. The van der Waals surface area contributed by atoms with Crippen LogP contribution in [0.4, 0.5) is 23.7 Å². The smallest absolute Gasteiger partial charge is 0.416 e. The molecular formula is C28H27ClF3N3O5S. The normalized spacial score (nSPS) is 18.6. The monoisotopic (exact) mass is 609 g/mol. The lowest BCUT2D eigenvalue weighted by atomic mass is 10.0. The molecule has 2 amide bonds. The summed E-state index contributed by atoms with van der Waals surface area (Å²) in [6, 6.07) is 16.9. The van der Waals surface area contributed by atoms with E-state index in [-0.39, 0.29) is 37.5 Å². The Hall–Kier alpha value is -3.32. The number of morpholine rings is 1. The van der Waals surface area contributed by atoms with E-state index in [2.05, 4.69) is 0 Å². The lowest BCUT2D eigenvalue weighted by molar-refractivity contribution is -0.137. The Morgan fingerprint density at radius 1 is 0.951 bits per heavy atom. The van der Waals surface area contributed by atoms with Crippen LogP contribution in [0.2, 0.25) is 5.02 Å². The van der Waals surface area contributed by atoms with E-state index in [1.807, 2.05) is 0 Å². The van der Waals surface area contributed by atoms with Crippen LogP contribution in [-0.4, -0.2) is 68.8 Å². The minimum Gasteiger partial charge on any atom is -0.457 e. The topological polar surface area (TPSA) is 79.4 Å². The first-order valence-electron chi connectivity index (χ1n) is 12.9. The number of rotatable bonds is 8. The summed E-state index contributed by atoms with van der Waals surface area (Å²) < 4.78 is 78.7. The number of benzene rings is 3. The zero-order valence-electron chi connectivity index (χ0n) is 21.8.